The number of unbranched alkanes of at least 4 members (excludes halogenated alkanes) is 3. The van der Waals surface area contributed by atoms with Gasteiger partial charge in [0.15, 0.2) is 0 Å². The van der Waals surface area contributed by atoms with Crippen LogP contribution in [-0.2, 0) is 6.18 Å². The number of hydrazine groups is 1. The number of halogens is 4. The molecule has 1 aromatic carbocycles. The lowest BCUT2D eigenvalue weighted by Gasteiger charge is -2.21. The van der Waals surface area contributed by atoms with Crippen LogP contribution >= 0.6 is 0 Å². The summed E-state index contributed by atoms with van der Waals surface area (Å²) in [5.41, 5.74) is 1.37. The van der Waals surface area contributed by atoms with Crippen LogP contribution in [0.2, 0.25) is 0 Å². The van der Waals surface area contributed by atoms with Crippen molar-refractivity contribution in [2.24, 2.45) is 5.84 Å². The molecule has 1 rings (SSSR count). The van der Waals surface area contributed by atoms with Gasteiger partial charge in [-0.3, -0.25) is 11.3 Å². The van der Waals surface area contributed by atoms with Gasteiger partial charge in [0.1, 0.15) is 5.82 Å². The van der Waals surface area contributed by atoms with Gasteiger partial charge in [0, 0.05) is 6.04 Å². The van der Waals surface area contributed by atoms with Crippen LogP contribution < -0.4 is 11.3 Å². The van der Waals surface area contributed by atoms with Gasteiger partial charge in [0.2, 0.25) is 0 Å². The lowest BCUT2D eigenvalue weighted by Crippen LogP contribution is -2.30. The number of allylic oxidation sites excluding steroid dienone is 1. The first kappa shape index (κ1) is 17.7. The van der Waals surface area contributed by atoms with E-state index in [4.69, 9.17) is 5.84 Å². The van der Waals surface area contributed by atoms with E-state index in [1.54, 1.807) is 6.08 Å². The molecule has 118 valence electrons. The van der Waals surface area contributed by atoms with Crippen LogP contribution in [0.4, 0.5) is 17.6 Å². The molecule has 0 aliphatic heterocycles. The molecule has 0 saturated heterocycles. The number of hydrogen-bond donors (Lipinski definition) is 2. The Kier molecular flexibility index (Phi) is 6.84. The minimum atomic E-state index is -4.53. The van der Waals surface area contributed by atoms with Gasteiger partial charge in [0.05, 0.1) is 5.56 Å². The van der Waals surface area contributed by atoms with E-state index in [9.17, 15) is 17.6 Å². The Hall–Kier alpha value is -1.40. The van der Waals surface area contributed by atoms with Crippen molar-refractivity contribution in [1.29, 1.82) is 0 Å². The van der Waals surface area contributed by atoms with Crippen molar-refractivity contribution in [2.75, 3.05) is 0 Å². The van der Waals surface area contributed by atoms with E-state index in [1.807, 2.05) is 0 Å². The summed E-state index contributed by atoms with van der Waals surface area (Å²) >= 11 is 0. The Morgan fingerprint density at radius 2 is 1.95 bits per heavy atom. The molecule has 3 N–H and O–H groups in total. The highest BCUT2D eigenvalue weighted by molar-refractivity contribution is 5.33. The second kappa shape index (κ2) is 8.14. The molecule has 6 heteroatoms. The number of benzene rings is 1. The smallest absolute Gasteiger partial charge is 0.271 e. The van der Waals surface area contributed by atoms with E-state index in [1.165, 1.54) is 0 Å². The standard InChI is InChI=1S/C15H20F4N2/c1-2-3-4-5-6-7-14(21-20)12-10-11(16)8-9-13(12)15(17,18)19/h2,8-10,14,21H,1,3-7,20H2. The Bertz CT molecular complexity index is 457. The van der Waals surface area contributed by atoms with Gasteiger partial charge >= 0.3 is 6.18 Å². The van der Waals surface area contributed by atoms with E-state index in [2.05, 4.69) is 12.0 Å². The monoisotopic (exact) mass is 304 g/mol. The van der Waals surface area contributed by atoms with Crippen LogP contribution in [0.1, 0.15) is 49.3 Å². The fraction of sp³-hybridized carbons (Fsp3) is 0.467. The molecule has 2 nitrogen and oxygen atoms in total. The summed E-state index contributed by atoms with van der Waals surface area (Å²) < 4.78 is 52.2. The van der Waals surface area contributed by atoms with Gasteiger partial charge in [-0.15, -0.1) is 6.58 Å². The Labute approximate surface area is 122 Å². The molecular weight excluding hydrogens is 284 g/mol. The average Bonchev–Trinajstić information content (AvgIpc) is 2.41. The molecule has 1 aromatic rings. The summed E-state index contributed by atoms with van der Waals surface area (Å²) in [6.07, 6.45) is 1.05. The zero-order chi connectivity index (χ0) is 15.9. The maximum absolute atomic E-state index is 13.3. The molecule has 1 atom stereocenters. The predicted octanol–water partition coefficient (Wildman–Crippen LogP) is 4.49. The first-order valence-corrected chi connectivity index (χ1v) is 6.83. The highest BCUT2D eigenvalue weighted by atomic mass is 19.4. The third-order valence-corrected chi connectivity index (χ3v) is 3.30. The van der Waals surface area contributed by atoms with Crippen molar-refractivity contribution in [3.05, 3.63) is 47.8 Å². The first-order chi connectivity index (χ1) is 9.90. The number of rotatable bonds is 8. The van der Waals surface area contributed by atoms with E-state index in [0.717, 1.165) is 37.5 Å². The maximum atomic E-state index is 13.3. The third-order valence-electron chi connectivity index (χ3n) is 3.30. The molecule has 0 spiro atoms. The third kappa shape index (κ3) is 5.47. The van der Waals surface area contributed by atoms with Crippen LogP contribution in [0.3, 0.4) is 0 Å². The Balaban J connectivity index is 2.84. The highest BCUT2D eigenvalue weighted by Crippen LogP contribution is 2.36. The van der Waals surface area contributed by atoms with Crippen LogP contribution in [-0.4, -0.2) is 0 Å². The van der Waals surface area contributed by atoms with E-state index < -0.39 is 23.6 Å². The number of nitrogens with two attached hydrogens (primary N) is 1. The average molecular weight is 304 g/mol. The van der Waals surface area contributed by atoms with Gasteiger partial charge < -0.3 is 0 Å². The van der Waals surface area contributed by atoms with E-state index in [0.29, 0.717) is 12.8 Å². The molecular formula is C15H20F4N2. The molecule has 0 heterocycles. The molecule has 0 saturated carbocycles. The zero-order valence-corrected chi connectivity index (χ0v) is 11.7. The lowest BCUT2D eigenvalue weighted by atomic mass is 9.95. The predicted molar refractivity (Wildman–Crippen MR) is 74.7 cm³/mol. The summed E-state index contributed by atoms with van der Waals surface area (Å²) in [6.45, 7) is 3.61. The van der Waals surface area contributed by atoms with Crippen molar-refractivity contribution in [3.8, 4) is 0 Å². The molecule has 0 fully saturated rings. The maximum Gasteiger partial charge on any atom is 0.416 e. The van der Waals surface area contributed by atoms with Crippen molar-refractivity contribution >= 4 is 0 Å². The van der Waals surface area contributed by atoms with Gasteiger partial charge in [-0.1, -0.05) is 18.9 Å². The molecule has 0 radical (unpaired) electrons. The number of nitrogens with one attached hydrogen (secondary N) is 1. The van der Waals surface area contributed by atoms with Crippen LogP contribution in [0, 0.1) is 5.82 Å². The Morgan fingerprint density at radius 1 is 1.24 bits per heavy atom. The van der Waals surface area contributed by atoms with Gasteiger partial charge in [0.25, 0.3) is 0 Å². The zero-order valence-electron chi connectivity index (χ0n) is 11.7. The molecule has 0 bridgehead atoms. The van der Waals surface area contributed by atoms with Crippen molar-refractivity contribution < 1.29 is 17.6 Å². The quantitative estimate of drug-likeness (QED) is 0.244. The summed E-state index contributed by atoms with van der Waals surface area (Å²) in [4.78, 5) is 0. The van der Waals surface area contributed by atoms with E-state index >= 15 is 0 Å². The molecule has 0 aliphatic carbocycles. The van der Waals surface area contributed by atoms with Gasteiger partial charge in [-0.05, 0) is 43.0 Å². The van der Waals surface area contributed by atoms with Crippen molar-refractivity contribution in [1.82, 2.24) is 5.43 Å². The number of alkyl halides is 3. The molecule has 0 aromatic heterocycles. The van der Waals surface area contributed by atoms with Crippen LogP contribution in [0.25, 0.3) is 0 Å². The summed E-state index contributed by atoms with van der Waals surface area (Å²) in [7, 11) is 0. The molecule has 1 unspecified atom stereocenters. The summed E-state index contributed by atoms with van der Waals surface area (Å²) in [5, 5.41) is 0. The second-order valence-electron chi connectivity index (χ2n) is 4.88. The fourth-order valence-corrected chi connectivity index (χ4v) is 2.22. The normalized spacial score (nSPS) is 13.2. The van der Waals surface area contributed by atoms with Crippen molar-refractivity contribution in [2.45, 2.75) is 44.3 Å². The minimum Gasteiger partial charge on any atom is -0.271 e. The van der Waals surface area contributed by atoms with Crippen LogP contribution in [0.5, 0.6) is 0 Å². The topological polar surface area (TPSA) is 38.0 Å². The summed E-state index contributed by atoms with van der Waals surface area (Å²) in [5.74, 6) is 4.65. The Morgan fingerprint density at radius 3 is 2.52 bits per heavy atom. The highest BCUT2D eigenvalue weighted by Gasteiger charge is 2.35. The van der Waals surface area contributed by atoms with Gasteiger partial charge in [-0.25, -0.2) is 4.39 Å². The first-order valence-electron chi connectivity index (χ1n) is 6.83. The second-order valence-corrected chi connectivity index (χ2v) is 4.88. The SMILES string of the molecule is C=CCCCCCC(NN)c1cc(F)ccc1C(F)(F)F. The largest absolute Gasteiger partial charge is 0.416 e. The molecule has 0 aliphatic rings. The lowest BCUT2D eigenvalue weighted by molar-refractivity contribution is -0.138. The molecule has 0 amide bonds. The van der Waals surface area contributed by atoms with Gasteiger partial charge in [-0.2, -0.15) is 13.2 Å². The van der Waals surface area contributed by atoms with Crippen molar-refractivity contribution in [3.63, 3.8) is 0 Å². The van der Waals surface area contributed by atoms with E-state index in [-0.39, 0.29) is 5.56 Å². The minimum absolute atomic E-state index is 0.145. The summed E-state index contributed by atoms with van der Waals surface area (Å²) in [6, 6.07) is 1.74. The molecule has 21 heavy (non-hydrogen) atoms. The fourth-order valence-electron chi connectivity index (χ4n) is 2.22. The number of hydrogen-bond acceptors (Lipinski definition) is 2. The van der Waals surface area contributed by atoms with Crippen LogP contribution in [0.15, 0.2) is 30.9 Å².